The lowest BCUT2D eigenvalue weighted by molar-refractivity contribution is -0.114. The zero-order valence-corrected chi connectivity index (χ0v) is 24.5. The van der Waals surface area contributed by atoms with Gasteiger partial charge in [0, 0.05) is 5.56 Å². The molecule has 2 heteroatoms. The second-order valence-corrected chi connectivity index (χ2v) is 14.5. The molecule has 0 aromatic heterocycles. The molecule has 1 aromatic carbocycles. The molecule has 4 fully saturated rings. The molecule has 200 valence electrons. The van der Waals surface area contributed by atoms with Crippen molar-refractivity contribution in [3.8, 4) is 0 Å². The van der Waals surface area contributed by atoms with Crippen molar-refractivity contribution in [2.75, 3.05) is 6.61 Å². The van der Waals surface area contributed by atoms with Gasteiger partial charge < -0.3 is 4.74 Å². The summed E-state index contributed by atoms with van der Waals surface area (Å²) in [6, 6.07) is 10.2. The van der Waals surface area contributed by atoms with Gasteiger partial charge in [-0.15, -0.1) is 0 Å². The van der Waals surface area contributed by atoms with Gasteiger partial charge in [-0.1, -0.05) is 83.7 Å². The van der Waals surface area contributed by atoms with Gasteiger partial charge in [0.05, 0.1) is 6.61 Å². The molecule has 0 saturated heterocycles. The van der Waals surface area contributed by atoms with E-state index in [9.17, 15) is 0 Å². The number of fused-ring (bicyclic) bond motifs is 5. The topological polar surface area (TPSA) is 9.23 Å². The molecule has 0 spiro atoms. The Kier molecular flexibility index (Phi) is 8.22. The van der Waals surface area contributed by atoms with E-state index < -0.39 is 0 Å². The van der Waals surface area contributed by atoms with E-state index in [0.29, 0.717) is 21.8 Å². The monoisotopic (exact) mass is 508 g/mol. The molecule has 1 nitrogen and oxygen atoms in total. The van der Waals surface area contributed by atoms with Crippen molar-refractivity contribution in [2.45, 2.75) is 111 Å². The van der Waals surface area contributed by atoms with Crippen LogP contribution in [-0.2, 0) is 4.74 Å². The zero-order chi connectivity index (χ0) is 25.3. The van der Waals surface area contributed by atoms with Crippen molar-refractivity contribution in [2.24, 2.45) is 52.3 Å². The number of hydrogen-bond donors (Lipinski definition) is 0. The lowest BCUT2D eigenvalue weighted by Crippen LogP contribution is -2.53. The highest BCUT2D eigenvalue weighted by Gasteiger charge is 2.60. The van der Waals surface area contributed by atoms with E-state index in [1.54, 1.807) is 6.42 Å². The smallest absolute Gasteiger partial charge is 0.191 e. The average molecular weight is 509 g/mol. The lowest BCUT2D eigenvalue weighted by Gasteiger charge is -2.61. The molecular weight excluding hydrogens is 456 g/mol. The summed E-state index contributed by atoms with van der Waals surface area (Å²) in [5.41, 5.74) is 2.31. The van der Waals surface area contributed by atoms with Crippen LogP contribution in [0.5, 0.6) is 0 Å². The maximum absolute atomic E-state index is 5.96. The van der Waals surface area contributed by atoms with E-state index in [2.05, 4.69) is 27.7 Å². The summed E-state index contributed by atoms with van der Waals surface area (Å²) in [5.74, 6) is 6.48. The number of rotatable bonds is 8. The summed E-state index contributed by atoms with van der Waals surface area (Å²) in [6.07, 6.45) is 19.2. The number of benzene rings is 1. The van der Waals surface area contributed by atoms with Crippen LogP contribution < -0.4 is 0 Å². The molecule has 5 rings (SSSR count). The third-order valence-corrected chi connectivity index (χ3v) is 12.6. The largest absolute Gasteiger partial charge is 0.483 e. The van der Waals surface area contributed by atoms with Crippen LogP contribution in [0.2, 0.25) is 0 Å². The number of thiocarbonyl (C=S) groups is 1. The van der Waals surface area contributed by atoms with Crippen LogP contribution in [-0.4, -0.2) is 11.7 Å². The van der Waals surface area contributed by atoms with Crippen LogP contribution in [0.3, 0.4) is 0 Å². The first-order chi connectivity index (χ1) is 17.3. The minimum absolute atomic E-state index is 0.563. The molecule has 9 atom stereocenters. The molecule has 0 amide bonds. The Labute approximate surface area is 227 Å². The first kappa shape index (κ1) is 26.7. The van der Waals surface area contributed by atoms with Gasteiger partial charge in [0.1, 0.15) is 0 Å². The molecule has 1 aromatic rings. The van der Waals surface area contributed by atoms with Gasteiger partial charge in [-0.05, 0) is 122 Å². The molecule has 36 heavy (non-hydrogen) atoms. The second-order valence-electron chi connectivity index (χ2n) is 14.1. The van der Waals surface area contributed by atoms with Crippen LogP contribution in [0.1, 0.15) is 117 Å². The van der Waals surface area contributed by atoms with Crippen LogP contribution in [0.25, 0.3) is 0 Å². The normalized spacial score (nSPS) is 39.4. The average Bonchev–Trinajstić information content (AvgIpc) is 3.24. The minimum atomic E-state index is 0.563. The van der Waals surface area contributed by atoms with Gasteiger partial charge in [-0.2, -0.15) is 0 Å². The number of hydrogen-bond acceptors (Lipinski definition) is 2. The molecule has 4 aliphatic carbocycles. The lowest BCUT2D eigenvalue weighted by atomic mass is 9.44. The Morgan fingerprint density at radius 3 is 2.47 bits per heavy atom. The molecule has 0 radical (unpaired) electrons. The fourth-order valence-corrected chi connectivity index (χ4v) is 10.4. The van der Waals surface area contributed by atoms with E-state index in [1.165, 1.54) is 77.0 Å². The molecule has 0 N–H and O–H groups in total. The maximum Gasteiger partial charge on any atom is 0.191 e. The summed E-state index contributed by atoms with van der Waals surface area (Å²) < 4.78 is 5.96. The fourth-order valence-electron chi connectivity index (χ4n) is 10.2. The van der Waals surface area contributed by atoms with Crippen LogP contribution in [0.4, 0.5) is 0 Å². The van der Waals surface area contributed by atoms with Gasteiger partial charge >= 0.3 is 0 Å². The summed E-state index contributed by atoms with van der Waals surface area (Å²) in [5, 5.41) is 0.646. The summed E-state index contributed by atoms with van der Waals surface area (Å²) >= 11 is 5.49. The molecule has 0 bridgehead atoms. The molecule has 0 aliphatic heterocycles. The van der Waals surface area contributed by atoms with Crippen LogP contribution in [0, 0.1) is 52.3 Å². The predicted molar refractivity (Wildman–Crippen MR) is 156 cm³/mol. The fraction of sp³-hybridized carbons (Fsp3) is 0.794. The van der Waals surface area contributed by atoms with Crippen molar-refractivity contribution in [3.05, 3.63) is 35.9 Å². The number of ether oxygens (including phenoxy) is 1. The van der Waals surface area contributed by atoms with Gasteiger partial charge in [-0.3, -0.25) is 0 Å². The van der Waals surface area contributed by atoms with Crippen molar-refractivity contribution >= 4 is 17.3 Å². The molecule has 4 saturated carbocycles. The summed E-state index contributed by atoms with van der Waals surface area (Å²) in [6.45, 7) is 11.1. The molecule has 4 aliphatic rings. The van der Waals surface area contributed by atoms with Gasteiger partial charge in [0.2, 0.25) is 0 Å². The highest BCUT2D eigenvalue weighted by molar-refractivity contribution is 7.80. The maximum atomic E-state index is 5.96. The predicted octanol–water partition coefficient (Wildman–Crippen LogP) is 9.87. The standard InChI is InChI=1S/C34H52OS/c1-24(23-35-32(36)26-13-6-5-7-14-26)11-10-12-25(2)29-18-19-30-28-17-16-27-15-8-9-21-33(27,3)31(28)20-22-34(29,30)4/h5-7,13-14,24-25,27-31H,8-12,15-23H2,1-4H3/t24?,25-,27?,28+,29-,30+,31+,33+,34-/m1/s1. The van der Waals surface area contributed by atoms with Crippen molar-refractivity contribution in [3.63, 3.8) is 0 Å². The van der Waals surface area contributed by atoms with Crippen molar-refractivity contribution in [1.82, 2.24) is 0 Å². The van der Waals surface area contributed by atoms with Crippen molar-refractivity contribution < 1.29 is 4.74 Å². The van der Waals surface area contributed by atoms with E-state index in [4.69, 9.17) is 17.0 Å². The first-order valence-electron chi connectivity index (χ1n) is 15.5. The van der Waals surface area contributed by atoms with Crippen LogP contribution in [0.15, 0.2) is 30.3 Å². The third-order valence-electron chi connectivity index (χ3n) is 12.2. The molecule has 2 unspecified atom stereocenters. The Morgan fingerprint density at radius 1 is 0.889 bits per heavy atom. The SMILES string of the molecule is CC(CCC[C@@H](C)[C@H]1CC[C@H]2[C@@H]3CCC4CCCC[C@]4(C)[C@H]3CC[C@]12C)COC(=S)c1ccccc1. The second kappa shape index (κ2) is 11.1. The molecule has 0 heterocycles. The Balaban J connectivity index is 1.11. The quantitative estimate of drug-likeness (QED) is 0.323. The van der Waals surface area contributed by atoms with E-state index in [0.717, 1.165) is 47.7 Å². The minimum Gasteiger partial charge on any atom is -0.483 e. The van der Waals surface area contributed by atoms with E-state index in [-0.39, 0.29) is 0 Å². The summed E-state index contributed by atoms with van der Waals surface area (Å²) in [4.78, 5) is 0. The highest BCUT2D eigenvalue weighted by Crippen LogP contribution is 2.68. The van der Waals surface area contributed by atoms with E-state index in [1.807, 2.05) is 30.3 Å². The zero-order valence-electron chi connectivity index (χ0n) is 23.6. The third kappa shape index (κ3) is 5.06. The van der Waals surface area contributed by atoms with Gasteiger partial charge in [0.15, 0.2) is 5.05 Å². The van der Waals surface area contributed by atoms with Crippen molar-refractivity contribution in [1.29, 1.82) is 0 Å². The van der Waals surface area contributed by atoms with Crippen LogP contribution >= 0.6 is 12.2 Å². The highest BCUT2D eigenvalue weighted by atomic mass is 32.1. The Bertz CT molecular complexity index is 880. The summed E-state index contributed by atoms with van der Waals surface area (Å²) in [7, 11) is 0. The first-order valence-corrected chi connectivity index (χ1v) is 16.0. The Hall–Kier alpha value is -0.890. The van der Waals surface area contributed by atoms with E-state index >= 15 is 0 Å². The van der Waals surface area contributed by atoms with Gasteiger partial charge in [0.25, 0.3) is 0 Å². The molecular formula is C34H52OS. The Morgan fingerprint density at radius 2 is 1.67 bits per heavy atom. The van der Waals surface area contributed by atoms with Gasteiger partial charge in [-0.25, -0.2) is 0 Å².